The molecular weight excluding hydrogens is 582 g/mol. The smallest absolute Gasteiger partial charge is 0.374 e. The zero-order chi connectivity index (χ0) is 32.2. The van der Waals surface area contributed by atoms with Gasteiger partial charge in [-0.15, -0.1) is 0 Å². The monoisotopic (exact) mass is 637 g/mol. The lowest BCUT2D eigenvalue weighted by Crippen LogP contribution is -2.49. The number of epoxide rings is 1. The first-order valence-corrected chi connectivity index (χ1v) is 18.2. The molecule has 0 aromatic heterocycles. The molecule has 0 saturated carbocycles. The zero-order valence-corrected chi connectivity index (χ0v) is 28.5. The van der Waals surface area contributed by atoms with Crippen LogP contribution in [0.15, 0.2) is 24.3 Å². The van der Waals surface area contributed by atoms with Crippen LogP contribution in [0.4, 0.5) is 14.4 Å². The molecule has 0 aliphatic carbocycles. The molecule has 1 aliphatic rings. The Morgan fingerprint density at radius 1 is 0.795 bits per heavy atom. The number of nitrogens with zero attached hydrogens (tertiary/aromatic N) is 2. The Labute approximate surface area is 264 Å². The highest BCUT2D eigenvalue weighted by molar-refractivity contribution is 6.60. The Morgan fingerprint density at radius 3 is 1.80 bits per heavy atom. The molecule has 44 heavy (non-hydrogen) atoms. The number of urea groups is 3. The molecule has 1 aromatic carbocycles. The molecule has 3 N–H and O–H groups in total. The van der Waals surface area contributed by atoms with Gasteiger partial charge in [-0.25, -0.2) is 19.3 Å². The van der Waals surface area contributed by atoms with Gasteiger partial charge in [-0.3, -0.25) is 0 Å². The zero-order valence-electron chi connectivity index (χ0n) is 27.5. The SMILES string of the molecule is CCCCNC(=O)N(Cc1cccc(CN(C(=O)NCCCC)C(=O)NCCC[Si](OCC)(OCC)OCC)c1)CC1CO1. The van der Waals surface area contributed by atoms with Crippen LogP contribution in [0.25, 0.3) is 0 Å². The van der Waals surface area contributed by atoms with Gasteiger partial charge in [0.05, 0.1) is 25.8 Å². The predicted molar refractivity (Wildman–Crippen MR) is 172 cm³/mol. The minimum Gasteiger partial charge on any atom is -0.374 e. The largest absolute Gasteiger partial charge is 0.500 e. The van der Waals surface area contributed by atoms with Crippen molar-refractivity contribution in [3.8, 4) is 0 Å². The number of imide groups is 1. The van der Waals surface area contributed by atoms with E-state index in [1.165, 1.54) is 4.90 Å². The van der Waals surface area contributed by atoms with Gasteiger partial charge in [0.25, 0.3) is 0 Å². The minimum absolute atomic E-state index is 0.0598. The van der Waals surface area contributed by atoms with E-state index in [9.17, 15) is 14.4 Å². The molecule has 1 atom stereocenters. The number of hydrogen-bond acceptors (Lipinski definition) is 7. The number of rotatable bonds is 22. The summed E-state index contributed by atoms with van der Waals surface area (Å²) in [5.41, 5.74) is 1.69. The first-order valence-electron chi connectivity index (χ1n) is 16.3. The van der Waals surface area contributed by atoms with Crippen molar-refractivity contribution in [3.05, 3.63) is 35.4 Å². The van der Waals surface area contributed by atoms with Crippen LogP contribution in [-0.4, -0.2) is 95.4 Å². The second-order valence-electron chi connectivity index (χ2n) is 10.7. The van der Waals surface area contributed by atoms with Gasteiger partial charge in [0.1, 0.15) is 0 Å². The number of hydrogen-bond donors (Lipinski definition) is 3. The van der Waals surface area contributed by atoms with E-state index in [0.717, 1.165) is 36.8 Å². The third kappa shape index (κ3) is 13.9. The molecular formula is C31H55N5O7Si. The van der Waals surface area contributed by atoms with Crippen molar-refractivity contribution in [1.29, 1.82) is 0 Å². The summed E-state index contributed by atoms with van der Waals surface area (Å²) in [7, 11) is -2.83. The first-order chi connectivity index (χ1) is 21.3. The summed E-state index contributed by atoms with van der Waals surface area (Å²) in [5, 5.41) is 8.75. The molecule has 1 unspecified atom stereocenters. The van der Waals surface area contributed by atoms with E-state index in [2.05, 4.69) is 22.9 Å². The molecule has 0 bridgehead atoms. The van der Waals surface area contributed by atoms with Crippen LogP contribution in [0.3, 0.4) is 0 Å². The normalized spacial score (nSPS) is 14.2. The van der Waals surface area contributed by atoms with E-state index in [-0.39, 0.29) is 18.7 Å². The highest BCUT2D eigenvalue weighted by Gasteiger charge is 2.39. The van der Waals surface area contributed by atoms with E-state index in [1.54, 1.807) is 4.90 Å². The highest BCUT2D eigenvalue weighted by atomic mass is 28.4. The fourth-order valence-corrected chi connectivity index (χ4v) is 7.26. The summed E-state index contributed by atoms with van der Waals surface area (Å²) in [4.78, 5) is 42.3. The Morgan fingerprint density at radius 2 is 1.30 bits per heavy atom. The first kappa shape index (κ1) is 37.5. The third-order valence-electron chi connectivity index (χ3n) is 6.95. The summed E-state index contributed by atoms with van der Waals surface area (Å²) in [6.07, 6.45) is 4.30. The van der Waals surface area contributed by atoms with Crippen LogP contribution in [-0.2, 0) is 31.1 Å². The second-order valence-corrected chi connectivity index (χ2v) is 13.5. The topological polar surface area (TPSA) is 134 Å². The van der Waals surface area contributed by atoms with Gasteiger partial charge in [-0.2, -0.15) is 0 Å². The van der Waals surface area contributed by atoms with Gasteiger partial charge in [0.2, 0.25) is 0 Å². The Bertz CT molecular complexity index is 981. The average Bonchev–Trinajstić information content (AvgIpc) is 3.82. The summed E-state index contributed by atoms with van der Waals surface area (Å²) in [6, 6.07) is 7.14. The molecule has 13 heteroatoms. The average molecular weight is 638 g/mol. The van der Waals surface area contributed by atoms with Gasteiger partial charge in [-0.1, -0.05) is 51.0 Å². The molecule has 0 spiro atoms. The maximum absolute atomic E-state index is 13.3. The van der Waals surface area contributed by atoms with Crippen molar-refractivity contribution in [2.45, 2.75) is 92.0 Å². The lowest BCUT2D eigenvalue weighted by molar-refractivity contribution is 0.0708. The van der Waals surface area contributed by atoms with Crippen LogP contribution < -0.4 is 16.0 Å². The number of carbonyl (C=O) groups excluding carboxylic acids is 3. The second kappa shape index (κ2) is 21.1. The van der Waals surface area contributed by atoms with E-state index >= 15 is 0 Å². The van der Waals surface area contributed by atoms with Gasteiger partial charge in [0, 0.05) is 52.0 Å². The molecule has 250 valence electrons. The molecule has 1 heterocycles. The molecule has 12 nitrogen and oxygen atoms in total. The van der Waals surface area contributed by atoms with Crippen molar-refractivity contribution >= 4 is 26.9 Å². The molecule has 1 saturated heterocycles. The van der Waals surface area contributed by atoms with Crippen LogP contribution >= 0.6 is 0 Å². The summed E-state index contributed by atoms with van der Waals surface area (Å²) < 4.78 is 23.1. The number of carbonyl (C=O) groups is 3. The molecule has 6 amide bonds. The number of unbranched alkanes of at least 4 members (excludes halogenated alkanes) is 2. The minimum atomic E-state index is -2.83. The van der Waals surface area contributed by atoms with E-state index in [1.807, 2.05) is 52.0 Å². The summed E-state index contributed by atoms with van der Waals surface area (Å²) in [5.74, 6) is 0. The van der Waals surface area contributed by atoms with Crippen LogP contribution in [0.5, 0.6) is 0 Å². The molecule has 2 rings (SSSR count). The lowest BCUT2D eigenvalue weighted by Gasteiger charge is -2.28. The van der Waals surface area contributed by atoms with Crippen molar-refractivity contribution < 1.29 is 32.4 Å². The highest BCUT2D eigenvalue weighted by Crippen LogP contribution is 2.19. The van der Waals surface area contributed by atoms with Gasteiger partial charge in [-0.05, 0) is 51.2 Å². The lowest BCUT2D eigenvalue weighted by atomic mass is 10.1. The van der Waals surface area contributed by atoms with Crippen molar-refractivity contribution in [2.24, 2.45) is 0 Å². The number of nitrogens with one attached hydrogen (secondary N) is 3. The number of amides is 6. The quantitative estimate of drug-likeness (QED) is 0.0940. The maximum atomic E-state index is 13.3. The molecule has 0 radical (unpaired) electrons. The maximum Gasteiger partial charge on any atom is 0.500 e. The summed E-state index contributed by atoms with van der Waals surface area (Å²) in [6.45, 7) is 14.4. The van der Waals surface area contributed by atoms with Crippen LogP contribution in [0.2, 0.25) is 6.04 Å². The third-order valence-corrected chi connectivity index (χ3v) is 10.1. The number of benzene rings is 1. The van der Waals surface area contributed by atoms with Crippen molar-refractivity contribution in [3.63, 3.8) is 0 Å². The molecule has 1 aliphatic heterocycles. The fraction of sp³-hybridized carbons (Fsp3) is 0.710. The van der Waals surface area contributed by atoms with Gasteiger partial charge in [0.15, 0.2) is 0 Å². The van der Waals surface area contributed by atoms with Gasteiger partial charge < -0.3 is 38.9 Å². The fourth-order valence-electron chi connectivity index (χ4n) is 4.65. The molecule has 1 aromatic rings. The Hall–Kier alpha value is -2.71. The van der Waals surface area contributed by atoms with Crippen LogP contribution in [0, 0.1) is 0 Å². The van der Waals surface area contributed by atoms with Crippen molar-refractivity contribution in [1.82, 2.24) is 25.8 Å². The Kier molecular flexibility index (Phi) is 18.0. The standard InChI is InChI=1S/C31H55N5O7Si/c1-6-11-17-32-29(37)35(24-28-25-40-28)22-26-15-13-16-27(21-26)23-36(30(38)33-18-12-7-2)31(39)34-19-14-20-44(41-8-3,42-9-4)43-10-5/h13,15-16,21,28H,6-12,14,17-20,22-25H2,1-5H3,(H,32,37)(H,33,38)(H,34,39). The molecule has 1 fully saturated rings. The number of ether oxygens (including phenoxy) is 1. The Balaban J connectivity index is 2.09. The van der Waals surface area contributed by atoms with Crippen molar-refractivity contribution in [2.75, 3.05) is 52.6 Å². The van der Waals surface area contributed by atoms with Gasteiger partial charge >= 0.3 is 26.9 Å². The van der Waals surface area contributed by atoms with E-state index in [0.29, 0.717) is 71.6 Å². The van der Waals surface area contributed by atoms with E-state index < -0.39 is 20.9 Å². The summed E-state index contributed by atoms with van der Waals surface area (Å²) >= 11 is 0. The van der Waals surface area contributed by atoms with E-state index in [4.69, 9.17) is 18.0 Å². The van der Waals surface area contributed by atoms with Crippen LogP contribution in [0.1, 0.15) is 77.8 Å². The predicted octanol–water partition coefficient (Wildman–Crippen LogP) is 4.86.